The monoisotopic (exact) mass is 366 g/mol. The molecule has 0 amide bonds. The second-order valence-corrected chi connectivity index (χ2v) is 6.29. The Bertz CT molecular complexity index is 783. The minimum Gasteiger partial charge on any atom is -0.481 e. The first-order chi connectivity index (χ1) is 10.1. The molecule has 2 heterocycles. The van der Waals surface area contributed by atoms with Crippen LogP contribution in [0.15, 0.2) is 50.8 Å². The molecule has 0 aliphatic rings. The van der Waals surface area contributed by atoms with Crippen molar-refractivity contribution >= 4 is 44.7 Å². The maximum atomic E-state index is 10.8. The molecule has 0 bridgehead atoms. The maximum Gasteiger partial charge on any atom is 0.313 e. The zero-order chi connectivity index (χ0) is 14.8. The molecule has 3 aromatic rings. The van der Waals surface area contributed by atoms with E-state index >= 15 is 0 Å². The van der Waals surface area contributed by atoms with Gasteiger partial charge in [0.05, 0.1) is 35.9 Å². The Morgan fingerprint density at radius 2 is 2.29 bits per heavy atom. The SMILES string of the molecule is O=C(O)CSc1nc2ccc(Br)cc2n1Cc1ccoc1. The minimum absolute atomic E-state index is 0.0180. The summed E-state index contributed by atoms with van der Waals surface area (Å²) in [5.41, 5.74) is 2.81. The Balaban J connectivity index is 2.04. The Morgan fingerprint density at radius 1 is 1.43 bits per heavy atom. The fourth-order valence-electron chi connectivity index (χ4n) is 2.03. The molecule has 7 heteroatoms. The zero-order valence-electron chi connectivity index (χ0n) is 10.8. The summed E-state index contributed by atoms with van der Waals surface area (Å²) >= 11 is 4.67. The number of carbonyl (C=O) groups is 1. The number of carboxylic acids is 1. The molecule has 0 radical (unpaired) electrons. The molecule has 3 rings (SSSR count). The van der Waals surface area contributed by atoms with E-state index in [1.54, 1.807) is 12.5 Å². The van der Waals surface area contributed by atoms with Crippen LogP contribution >= 0.6 is 27.7 Å². The number of carboxylic acid groups (broad SMARTS) is 1. The third-order valence-electron chi connectivity index (χ3n) is 2.92. The molecule has 108 valence electrons. The highest BCUT2D eigenvalue weighted by Gasteiger charge is 2.14. The predicted octanol–water partition coefficient (Wildman–Crippen LogP) is 3.62. The highest BCUT2D eigenvalue weighted by atomic mass is 79.9. The van der Waals surface area contributed by atoms with Crippen molar-refractivity contribution in [3.63, 3.8) is 0 Å². The topological polar surface area (TPSA) is 68.3 Å². The number of rotatable bonds is 5. The maximum absolute atomic E-state index is 10.8. The summed E-state index contributed by atoms with van der Waals surface area (Å²) in [5.74, 6) is -0.876. The number of thioether (sulfide) groups is 1. The predicted molar refractivity (Wildman–Crippen MR) is 83.6 cm³/mol. The first kappa shape index (κ1) is 14.2. The lowest BCUT2D eigenvalue weighted by molar-refractivity contribution is -0.133. The summed E-state index contributed by atoms with van der Waals surface area (Å²) in [6, 6.07) is 7.70. The summed E-state index contributed by atoms with van der Waals surface area (Å²) < 4.78 is 8.05. The molecule has 0 saturated carbocycles. The number of hydrogen-bond acceptors (Lipinski definition) is 4. The first-order valence-corrected chi connectivity index (χ1v) is 7.93. The van der Waals surface area contributed by atoms with Crippen LogP contribution < -0.4 is 0 Å². The van der Waals surface area contributed by atoms with E-state index in [-0.39, 0.29) is 5.75 Å². The standard InChI is InChI=1S/C14H11BrN2O3S/c15-10-1-2-11-12(5-10)17(6-9-3-4-20-7-9)14(16-11)21-8-13(18)19/h1-5,7H,6,8H2,(H,18,19). The van der Waals surface area contributed by atoms with E-state index in [1.807, 2.05) is 28.8 Å². The molecule has 0 aliphatic heterocycles. The number of fused-ring (bicyclic) bond motifs is 1. The van der Waals surface area contributed by atoms with Gasteiger partial charge in [-0.25, -0.2) is 4.98 Å². The van der Waals surface area contributed by atoms with Crippen LogP contribution in [0.3, 0.4) is 0 Å². The molecule has 21 heavy (non-hydrogen) atoms. The molecular formula is C14H11BrN2O3S. The smallest absolute Gasteiger partial charge is 0.313 e. The van der Waals surface area contributed by atoms with Crippen LogP contribution in [0.1, 0.15) is 5.56 Å². The van der Waals surface area contributed by atoms with Crippen LogP contribution in [-0.4, -0.2) is 26.4 Å². The number of aliphatic carboxylic acids is 1. The number of hydrogen-bond donors (Lipinski definition) is 1. The van der Waals surface area contributed by atoms with Crippen molar-refractivity contribution in [2.24, 2.45) is 0 Å². The molecule has 0 aliphatic carbocycles. The molecule has 0 spiro atoms. The van der Waals surface area contributed by atoms with E-state index in [9.17, 15) is 4.79 Å². The van der Waals surface area contributed by atoms with Crippen molar-refractivity contribution in [2.75, 3.05) is 5.75 Å². The van der Waals surface area contributed by atoms with E-state index in [2.05, 4.69) is 20.9 Å². The van der Waals surface area contributed by atoms with Crippen LogP contribution in [0, 0.1) is 0 Å². The molecule has 0 fully saturated rings. The molecule has 1 N–H and O–H groups in total. The fraction of sp³-hybridized carbons (Fsp3) is 0.143. The average Bonchev–Trinajstić information content (AvgIpc) is 3.06. The van der Waals surface area contributed by atoms with Gasteiger partial charge in [0.1, 0.15) is 0 Å². The van der Waals surface area contributed by atoms with E-state index in [1.165, 1.54) is 11.8 Å². The Hall–Kier alpha value is -1.73. The normalized spacial score (nSPS) is 11.1. The van der Waals surface area contributed by atoms with Crippen molar-refractivity contribution in [1.29, 1.82) is 0 Å². The summed E-state index contributed by atoms with van der Waals surface area (Å²) in [6.45, 7) is 0.589. The van der Waals surface area contributed by atoms with Gasteiger partial charge in [0.25, 0.3) is 0 Å². The fourth-order valence-corrected chi connectivity index (χ4v) is 3.11. The lowest BCUT2D eigenvalue weighted by Gasteiger charge is -2.06. The molecule has 0 unspecified atom stereocenters. The molecule has 2 aromatic heterocycles. The summed E-state index contributed by atoms with van der Waals surface area (Å²) in [5, 5.41) is 9.55. The summed E-state index contributed by atoms with van der Waals surface area (Å²) in [7, 11) is 0. The van der Waals surface area contributed by atoms with Gasteiger partial charge in [0.15, 0.2) is 5.16 Å². The minimum atomic E-state index is -0.858. The van der Waals surface area contributed by atoms with Crippen LogP contribution in [0.5, 0.6) is 0 Å². The van der Waals surface area contributed by atoms with E-state index < -0.39 is 5.97 Å². The first-order valence-electron chi connectivity index (χ1n) is 6.15. The van der Waals surface area contributed by atoms with E-state index in [0.717, 1.165) is 21.1 Å². The average molecular weight is 367 g/mol. The highest BCUT2D eigenvalue weighted by molar-refractivity contribution is 9.10. The van der Waals surface area contributed by atoms with E-state index in [4.69, 9.17) is 9.52 Å². The van der Waals surface area contributed by atoms with Gasteiger partial charge >= 0.3 is 5.97 Å². The molecule has 5 nitrogen and oxygen atoms in total. The van der Waals surface area contributed by atoms with Gasteiger partial charge in [0.2, 0.25) is 0 Å². The highest BCUT2D eigenvalue weighted by Crippen LogP contribution is 2.27. The summed E-state index contributed by atoms with van der Waals surface area (Å²) in [6.07, 6.45) is 3.30. The van der Waals surface area contributed by atoms with Gasteiger partial charge in [-0.15, -0.1) is 0 Å². The number of imidazole rings is 1. The molecule has 0 atom stereocenters. The van der Waals surface area contributed by atoms with Crippen molar-refractivity contribution in [3.05, 3.63) is 46.8 Å². The number of nitrogens with zero attached hydrogens (tertiary/aromatic N) is 2. The number of benzene rings is 1. The molecule has 0 saturated heterocycles. The zero-order valence-corrected chi connectivity index (χ0v) is 13.2. The second-order valence-electron chi connectivity index (χ2n) is 4.43. The third-order valence-corrected chi connectivity index (χ3v) is 4.38. The Morgan fingerprint density at radius 3 is 3.00 bits per heavy atom. The largest absolute Gasteiger partial charge is 0.481 e. The Labute approximate surface area is 133 Å². The Kier molecular flexibility index (Phi) is 4.03. The number of aromatic nitrogens is 2. The van der Waals surface area contributed by atoms with E-state index in [0.29, 0.717) is 11.7 Å². The third kappa shape index (κ3) is 3.14. The van der Waals surface area contributed by atoms with Crippen LogP contribution in [0.4, 0.5) is 0 Å². The van der Waals surface area contributed by atoms with Crippen molar-refractivity contribution in [3.8, 4) is 0 Å². The van der Waals surface area contributed by atoms with Gasteiger partial charge in [-0.05, 0) is 24.3 Å². The van der Waals surface area contributed by atoms with Gasteiger partial charge < -0.3 is 14.1 Å². The van der Waals surface area contributed by atoms with Crippen LogP contribution in [0.25, 0.3) is 11.0 Å². The second kappa shape index (κ2) is 5.95. The van der Waals surface area contributed by atoms with Gasteiger partial charge in [0, 0.05) is 10.0 Å². The molecular weight excluding hydrogens is 356 g/mol. The number of halogens is 1. The molecule has 1 aromatic carbocycles. The summed E-state index contributed by atoms with van der Waals surface area (Å²) in [4.78, 5) is 15.3. The lowest BCUT2D eigenvalue weighted by Crippen LogP contribution is -2.04. The van der Waals surface area contributed by atoms with Crippen molar-refractivity contribution < 1.29 is 14.3 Å². The van der Waals surface area contributed by atoms with Crippen LogP contribution in [-0.2, 0) is 11.3 Å². The van der Waals surface area contributed by atoms with Crippen LogP contribution in [0.2, 0.25) is 0 Å². The van der Waals surface area contributed by atoms with Crippen molar-refractivity contribution in [1.82, 2.24) is 9.55 Å². The number of furan rings is 1. The van der Waals surface area contributed by atoms with Crippen molar-refractivity contribution in [2.45, 2.75) is 11.7 Å². The van der Waals surface area contributed by atoms with Gasteiger partial charge in [-0.3, -0.25) is 4.79 Å². The quantitative estimate of drug-likeness (QED) is 0.698. The van der Waals surface area contributed by atoms with Gasteiger partial charge in [-0.2, -0.15) is 0 Å². The van der Waals surface area contributed by atoms with Gasteiger partial charge in [-0.1, -0.05) is 27.7 Å². The lowest BCUT2D eigenvalue weighted by atomic mass is 10.3.